The lowest BCUT2D eigenvalue weighted by atomic mass is 10.1. The number of halogens is 1. The molecule has 0 saturated heterocycles. The number of rotatable bonds is 6. The van der Waals surface area contributed by atoms with Crippen LogP contribution in [0.5, 0.6) is 0 Å². The van der Waals surface area contributed by atoms with Crippen LogP contribution >= 0.6 is 15.9 Å². The van der Waals surface area contributed by atoms with Crippen LogP contribution in [0.1, 0.15) is 49.4 Å². The van der Waals surface area contributed by atoms with E-state index in [2.05, 4.69) is 57.2 Å². The molecule has 0 N–H and O–H groups in total. The number of aromatic nitrogens is 5. The minimum absolute atomic E-state index is 0.237. The first kappa shape index (κ1) is 14.2. The van der Waals surface area contributed by atoms with Gasteiger partial charge in [0.1, 0.15) is 6.54 Å². The maximum atomic E-state index is 5.20. The van der Waals surface area contributed by atoms with E-state index < -0.39 is 0 Å². The van der Waals surface area contributed by atoms with Gasteiger partial charge in [-0.3, -0.25) is 0 Å². The van der Waals surface area contributed by atoms with Gasteiger partial charge in [-0.15, -0.1) is 5.10 Å². The van der Waals surface area contributed by atoms with Crippen LogP contribution in [0.3, 0.4) is 0 Å². The van der Waals surface area contributed by atoms with E-state index in [1.54, 1.807) is 4.68 Å². The Balaban J connectivity index is 2.00. The molecule has 7 heteroatoms. The van der Waals surface area contributed by atoms with Gasteiger partial charge in [-0.05, 0) is 12.3 Å². The van der Waals surface area contributed by atoms with Gasteiger partial charge in [-0.1, -0.05) is 47.1 Å². The Bertz CT molecular complexity index is 522. The van der Waals surface area contributed by atoms with Crippen molar-refractivity contribution in [3.8, 4) is 0 Å². The summed E-state index contributed by atoms with van der Waals surface area (Å²) in [5.41, 5.74) is 0.921. The molecule has 1 atom stereocenters. The Hall–Kier alpha value is -1.24. The summed E-state index contributed by atoms with van der Waals surface area (Å²) in [4.78, 5) is 4.58. The highest BCUT2D eigenvalue weighted by atomic mass is 79.9. The molecule has 0 fully saturated rings. The summed E-state index contributed by atoms with van der Waals surface area (Å²) in [6, 6.07) is 0. The van der Waals surface area contributed by atoms with E-state index in [1.165, 1.54) is 0 Å². The molecule has 0 aliphatic carbocycles. The van der Waals surface area contributed by atoms with Gasteiger partial charge >= 0.3 is 0 Å². The summed E-state index contributed by atoms with van der Waals surface area (Å²) in [5, 5.41) is 12.1. The molecule has 2 rings (SSSR count). The third-order valence-electron chi connectivity index (χ3n) is 2.63. The lowest BCUT2D eigenvalue weighted by molar-refractivity contribution is 0.358. The Morgan fingerprint density at radius 1 is 1.42 bits per heavy atom. The van der Waals surface area contributed by atoms with Gasteiger partial charge in [-0.25, -0.2) is 4.68 Å². The normalized spacial score (nSPS) is 13.1. The molecule has 104 valence electrons. The fourth-order valence-corrected chi connectivity index (χ4v) is 1.89. The smallest absolute Gasteiger partial charge is 0.248 e. The van der Waals surface area contributed by atoms with Crippen molar-refractivity contribution in [1.82, 2.24) is 25.1 Å². The van der Waals surface area contributed by atoms with Crippen molar-refractivity contribution in [2.45, 2.75) is 45.0 Å². The topological polar surface area (TPSA) is 69.6 Å². The summed E-state index contributed by atoms with van der Waals surface area (Å²) in [6.45, 7) is 6.80. The SMILES string of the molecule is CCC(Br)c1cn(Cc2nc(CC(C)C)no2)nn1. The van der Waals surface area contributed by atoms with Gasteiger partial charge < -0.3 is 4.52 Å². The second-order valence-corrected chi connectivity index (χ2v) is 6.02. The summed E-state index contributed by atoms with van der Waals surface area (Å²) < 4.78 is 6.92. The molecule has 0 aromatic carbocycles. The van der Waals surface area contributed by atoms with E-state index in [4.69, 9.17) is 4.52 Å². The predicted octanol–water partition coefficient (Wildman–Crippen LogP) is 2.75. The second-order valence-electron chi connectivity index (χ2n) is 4.92. The molecule has 0 amide bonds. The molecular formula is C12H18BrN5O. The van der Waals surface area contributed by atoms with Crippen LogP contribution in [-0.2, 0) is 13.0 Å². The van der Waals surface area contributed by atoms with E-state index in [-0.39, 0.29) is 4.83 Å². The van der Waals surface area contributed by atoms with Crippen molar-refractivity contribution in [2.75, 3.05) is 0 Å². The zero-order valence-corrected chi connectivity index (χ0v) is 13.0. The Labute approximate surface area is 120 Å². The minimum atomic E-state index is 0.237. The molecule has 2 heterocycles. The van der Waals surface area contributed by atoms with E-state index in [9.17, 15) is 0 Å². The summed E-state index contributed by atoms with van der Waals surface area (Å²) in [6.07, 6.45) is 3.69. The molecular weight excluding hydrogens is 310 g/mol. The Morgan fingerprint density at radius 2 is 2.21 bits per heavy atom. The fraction of sp³-hybridized carbons (Fsp3) is 0.667. The maximum Gasteiger partial charge on any atom is 0.248 e. The van der Waals surface area contributed by atoms with Gasteiger partial charge in [-0.2, -0.15) is 4.98 Å². The van der Waals surface area contributed by atoms with Crippen molar-refractivity contribution in [3.63, 3.8) is 0 Å². The van der Waals surface area contributed by atoms with E-state index in [1.807, 2.05) is 6.20 Å². The number of hydrogen-bond donors (Lipinski definition) is 0. The predicted molar refractivity (Wildman–Crippen MR) is 73.9 cm³/mol. The van der Waals surface area contributed by atoms with Gasteiger partial charge in [0, 0.05) is 6.42 Å². The molecule has 6 nitrogen and oxygen atoms in total. The van der Waals surface area contributed by atoms with Crippen LogP contribution in [0.2, 0.25) is 0 Å². The highest BCUT2D eigenvalue weighted by Crippen LogP contribution is 2.23. The fourth-order valence-electron chi connectivity index (χ4n) is 1.68. The standard InChI is InChI=1S/C12H18BrN5O/c1-4-9(13)10-6-18(17-15-10)7-12-14-11(16-19-12)5-8(2)3/h6,8-9H,4-5,7H2,1-3H3. The van der Waals surface area contributed by atoms with E-state index >= 15 is 0 Å². The zero-order chi connectivity index (χ0) is 13.8. The molecule has 1 unspecified atom stereocenters. The van der Waals surface area contributed by atoms with E-state index in [0.717, 1.165) is 24.4 Å². The monoisotopic (exact) mass is 327 g/mol. The number of alkyl halides is 1. The number of hydrogen-bond acceptors (Lipinski definition) is 5. The van der Waals surface area contributed by atoms with Crippen molar-refractivity contribution in [1.29, 1.82) is 0 Å². The van der Waals surface area contributed by atoms with E-state index in [0.29, 0.717) is 18.4 Å². The lowest BCUT2D eigenvalue weighted by Gasteiger charge is -1.98. The van der Waals surface area contributed by atoms with Crippen molar-refractivity contribution < 1.29 is 4.52 Å². The molecule has 0 bridgehead atoms. The number of nitrogens with zero attached hydrogens (tertiary/aromatic N) is 5. The molecule has 2 aromatic heterocycles. The molecule has 0 radical (unpaired) electrons. The van der Waals surface area contributed by atoms with Crippen LogP contribution in [0.15, 0.2) is 10.7 Å². The molecule has 0 spiro atoms. The van der Waals surface area contributed by atoms with Crippen molar-refractivity contribution in [2.24, 2.45) is 5.92 Å². The summed E-state index contributed by atoms with van der Waals surface area (Å²) >= 11 is 3.55. The average Bonchev–Trinajstić information content (AvgIpc) is 2.98. The van der Waals surface area contributed by atoms with Gasteiger partial charge in [0.15, 0.2) is 5.82 Å². The Morgan fingerprint density at radius 3 is 2.89 bits per heavy atom. The highest BCUT2D eigenvalue weighted by Gasteiger charge is 2.12. The van der Waals surface area contributed by atoms with Crippen LogP contribution in [0.25, 0.3) is 0 Å². The molecule has 19 heavy (non-hydrogen) atoms. The quantitative estimate of drug-likeness (QED) is 0.763. The molecule has 0 saturated carbocycles. The maximum absolute atomic E-state index is 5.20. The van der Waals surface area contributed by atoms with Crippen LogP contribution in [0, 0.1) is 5.92 Å². The molecule has 2 aromatic rings. The molecule has 0 aliphatic heterocycles. The van der Waals surface area contributed by atoms with Crippen LogP contribution < -0.4 is 0 Å². The molecule has 0 aliphatic rings. The van der Waals surface area contributed by atoms with Crippen molar-refractivity contribution >= 4 is 15.9 Å². The first-order valence-electron chi connectivity index (χ1n) is 6.44. The van der Waals surface area contributed by atoms with Gasteiger partial charge in [0.05, 0.1) is 16.7 Å². The van der Waals surface area contributed by atoms with Crippen LogP contribution in [-0.4, -0.2) is 25.1 Å². The highest BCUT2D eigenvalue weighted by molar-refractivity contribution is 9.09. The third kappa shape index (κ3) is 3.86. The minimum Gasteiger partial charge on any atom is -0.337 e. The van der Waals surface area contributed by atoms with Gasteiger partial charge in [0.25, 0.3) is 0 Å². The summed E-state index contributed by atoms with van der Waals surface area (Å²) in [5.74, 6) is 1.83. The summed E-state index contributed by atoms with van der Waals surface area (Å²) in [7, 11) is 0. The lowest BCUT2D eigenvalue weighted by Crippen LogP contribution is -2.01. The van der Waals surface area contributed by atoms with Crippen molar-refractivity contribution in [3.05, 3.63) is 23.6 Å². The second kappa shape index (κ2) is 6.27. The first-order chi connectivity index (χ1) is 9.08. The average molecular weight is 328 g/mol. The largest absolute Gasteiger partial charge is 0.337 e. The Kier molecular flexibility index (Phi) is 4.68. The third-order valence-corrected chi connectivity index (χ3v) is 3.75. The van der Waals surface area contributed by atoms with Crippen LogP contribution in [0.4, 0.5) is 0 Å². The zero-order valence-electron chi connectivity index (χ0n) is 11.4. The van der Waals surface area contributed by atoms with Gasteiger partial charge in [0.2, 0.25) is 5.89 Å². The first-order valence-corrected chi connectivity index (χ1v) is 7.35.